The zero-order valence-electron chi connectivity index (χ0n) is 20.0. The smallest absolute Gasteiger partial charge is 0.262 e. The van der Waals surface area contributed by atoms with Gasteiger partial charge in [0, 0.05) is 16.3 Å². The van der Waals surface area contributed by atoms with Crippen molar-refractivity contribution in [2.24, 2.45) is 5.92 Å². The highest BCUT2D eigenvalue weighted by Crippen LogP contribution is 2.34. The number of rotatable bonds is 10. The molecule has 0 fully saturated rings. The Balaban J connectivity index is 1.80. The number of benzene rings is 2. The zero-order valence-corrected chi connectivity index (χ0v) is 20.8. The van der Waals surface area contributed by atoms with Gasteiger partial charge in [-0.25, -0.2) is 0 Å². The van der Waals surface area contributed by atoms with Crippen molar-refractivity contribution < 1.29 is 15.0 Å². The predicted octanol–water partition coefficient (Wildman–Crippen LogP) is 5.31. The standard InChI is InChI=1S/C28H32N2O3S/c1-4-18(2)5-6-20-7-8-22-14-23(10-9-21(22)13-20)27-12-11-26(34-27)19(3)25(15-29)28(33)30-16-24(32)17-31/h7-14,18,24,31-32H,4-6,16-17H2,1-3H3,(H,30,33)/b25-19+. The van der Waals surface area contributed by atoms with Gasteiger partial charge in [0.15, 0.2) is 0 Å². The third-order valence-electron chi connectivity index (χ3n) is 6.21. The van der Waals surface area contributed by atoms with Gasteiger partial charge in [-0.15, -0.1) is 11.3 Å². The second-order valence-electron chi connectivity index (χ2n) is 8.77. The summed E-state index contributed by atoms with van der Waals surface area (Å²) in [4.78, 5) is 14.3. The van der Waals surface area contributed by atoms with Gasteiger partial charge in [-0.2, -0.15) is 5.26 Å². The first-order valence-electron chi connectivity index (χ1n) is 11.7. The van der Waals surface area contributed by atoms with Crippen LogP contribution in [0.2, 0.25) is 0 Å². The molecule has 0 spiro atoms. The molecule has 1 aromatic heterocycles. The van der Waals surface area contributed by atoms with Gasteiger partial charge in [0.1, 0.15) is 11.6 Å². The number of aliphatic hydroxyl groups is 2. The van der Waals surface area contributed by atoms with Crippen LogP contribution in [0.1, 0.15) is 44.1 Å². The molecule has 0 radical (unpaired) electrons. The van der Waals surface area contributed by atoms with Crippen LogP contribution in [0.4, 0.5) is 0 Å². The number of nitrogens with one attached hydrogen (secondary N) is 1. The fourth-order valence-corrected chi connectivity index (χ4v) is 4.72. The van der Waals surface area contributed by atoms with E-state index in [0.717, 1.165) is 27.7 Å². The quantitative estimate of drug-likeness (QED) is 0.273. The third kappa shape index (κ3) is 6.32. The van der Waals surface area contributed by atoms with Crippen molar-refractivity contribution in [1.29, 1.82) is 5.26 Å². The highest BCUT2D eigenvalue weighted by atomic mass is 32.1. The molecular weight excluding hydrogens is 444 g/mol. The molecule has 0 saturated carbocycles. The van der Waals surface area contributed by atoms with Crippen LogP contribution in [0.25, 0.3) is 26.8 Å². The van der Waals surface area contributed by atoms with Gasteiger partial charge in [0.05, 0.1) is 12.7 Å². The Bertz CT molecular complexity index is 1220. The van der Waals surface area contributed by atoms with Crippen LogP contribution in [0.15, 0.2) is 54.1 Å². The SMILES string of the molecule is CCC(C)CCc1ccc2cc(-c3ccc(/C(C)=C(\C#N)C(=O)NCC(O)CO)s3)ccc2c1. The number of allylic oxidation sites excluding steroid dienone is 1. The second-order valence-corrected chi connectivity index (χ2v) is 9.85. The van der Waals surface area contributed by atoms with Crippen molar-refractivity contribution in [3.63, 3.8) is 0 Å². The van der Waals surface area contributed by atoms with Crippen LogP contribution in [0.3, 0.4) is 0 Å². The van der Waals surface area contributed by atoms with E-state index in [1.54, 1.807) is 6.92 Å². The van der Waals surface area contributed by atoms with Crippen LogP contribution < -0.4 is 5.32 Å². The average molecular weight is 477 g/mol. The van der Waals surface area contributed by atoms with E-state index in [2.05, 4.69) is 55.6 Å². The van der Waals surface area contributed by atoms with Crippen LogP contribution >= 0.6 is 11.3 Å². The second kappa shape index (κ2) is 11.9. The highest BCUT2D eigenvalue weighted by molar-refractivity contribution is 7.16. The normalized spacial score (nSPS) is 13.8. The Morgan fingerprint density at radius 2 is 1.88 bits per heavy atom. The third-order valence-corrected chi connectivity index (χ3v) is 7.46. The van der Waals surface area contributed by atoms with Crippen molar-refractivity contribution in [2.75, 3.05) is 13.2 Å². The minimum Gasteiger partial charge on any atom is -0.394 e. The molecular formula is C28H32N2O3S. The topological polar surface area (TPSA) is 93.4 Å². The first kappa shape index (κ1) is 25.6. The number of amides is 1. The molecule has 0 aliphatic heterocycles. The van der Waals surface area contributed by atoms with Crippen LogP contribution in [-0.2, 0) is 11.2 Å². The maximum atomic E-state index is 12.4. The van der Waals surface area contributed by atoms with Crippen molar-refractivity contribution >= 4 is 33.6 Å². The summed E-state index contributed by atoms with van der Waals surface area (Å²) in [6, 6.07) is 19.0. The molecule has 3 rings (SSSR count). The Morgan fingerprint density at radius 1 is 1.15 bits per heavy atom. The number of hydrogen-bond acceptors (Lipinski definition) is 5. The summed E-state index contributed by atoms with van der Waals surface area (Å²) in [5.41, 5.74) is 3.05. The van der Waals surface area contributed by atoms with E-state index in [1.807, 2.05) is 18.2 Å². The fourth-order valence-electron chi connectivity index (χ4n) is 3.71. The summed E-state index contributed by atoms with van der Waals surface area (Å²) in [5.74, 6) is 0.181. The molecule has 1 amide bonds. The molecule has 0 aliphatic carbocycles. The molecule has 3 aromatic rings. The maximum Gasteiger partial charge on any atom is 0.262 e. The molecule has 5 nitrogen and oxygen atoms in total. The van der Waals surface area contributed by atoms with Gasteiger partial charge < -0.3 is 15.5 Å². The van der Waals surface area contributed by atoms with Crippen molar-refractivity contribution in [3.8, 4) is 16.5 Å². The Hall–Kier alpha value is -2.98. The lowest BCUT2D eigenvalue weighted by Crippen LogP contribution is -2.34. The largest absolute Gasteiger partial charge is 0.394 e. The summed E-state index contributed by atoms with van der Waals surface area (Å²) < 4.78 is 0. The summed E-state index contributed by atoms with van der Waals surface area (Å²) in [6.45, 7) is 5.72. The molecule has 178 valence electrons. The minimum atomic E-state index is -1.05. The van der Waals surface area contributed by atoms with E-state index in [9.17, 15) is 15.2 Å². The Kier molecular flexibility index (Phi) is 9.00. The summed E-state index contributed by atoms with van der Waals surface area (Å²) in [5, 5.41) is 32.8. The van der Waals surface area contributed by atoms with Gasteiger partial charge in [0.25, 0.3) is 5.91 Å². The van der Waals surface area contributed by atoms with E-state index in [0.29, 0.717) is 5.57 Å². The Labute approximate surface area is 205 Å². The fraction of sp³-hybridized carbons (Fsp3) is 0.357. The number of fused-ring (bicyclic) bond motifs is 1. The lowest BCUT2D eigenvalue weighted by Gasteiger charge is -2.10. The van der Waals surface area contributed by atoms with Gasteiger partial charge in [-0.05, 0) is 71.4 Å². The maximum absolute atomic E-state index is 12.4. The molecule has 2 unspecified atom stereocenters. The number of thiophene rings is 1. The van der Waals surface area contributed by atoms with Gasteiger partial charge >= 0.3 is 0 Å². The predicted molar refractivity (Wildman–Crippen MR) is 139 cm³/mol. The molecule has 34 heavy (non-hydrogen) atoms. The minimum absolute atomic E-state index is 0.00183. The molecule has 1 heterocycles. The molecule has 3 N–H and O–H groups in total. The van der Waals surface area contributed by atoms with Crippen molar-refractivity contribution in [3.05, 3.63) is 64.5 Å². The number of hydrogen-bond donors (Lipinski definition) is 3. The number of carbonyl (C=O) groups is 1. The first-order chi connectivity index (χ1) is 16.4. The summed E-state index contributed by atoms with van der Waals surface area (Å²) in [7, 11) is 0. The number of nitriles is 1. The van der Waals surface area contributed by atoms with E-state index in [-0.39, 0.29) is 12.1 Å². The summed E-state index contributed by atoms with van der Waals surface area (Å²) in [6.07, 6.45) is 2.46. The number of nitrogens with zero attached hydrogens (tertiary/aromatic N) is 1. The summed E-state index contributed by atoms with van der Waals surface area (Å²) >= 11 is 1.53. The highest BCUT2D eigenvalue weighted by Gasteiger charge is 2.16. The van der Waals surface area contributed by atoms with E-state index >= 15 is 0 Å². The van der Waals surface area contributed by atoms with Crippen molar-refractivity contribution in [2.45, 2.75) is 46.1 Å². The Morgan fingerprint density at radius 3 is 2.59 bits per heavy atom. The average Bonchev–Trinajstić information content (AvgIpc) is 3.36. The van der Waals surface area contributed by atoms with E-state index < -0.39 is 18.6 Å². The lowest BCUT2D eigenvalue weighted by atomic mass is 9.97. The van der Waals surface area contributed by atoms with Crippen LogP contribution in [-0.4, -0.2) is 35.4 Å². The monoisotopic (exact) mass is 476 g/mol. The molecule has 0 aliphatic rings. The molecule has 0 bridgehead atoms. The van der Waals surface area contributed by atoms with Gasteiger partial charge in [-0.1, -0.05) is 50.6 Å². The zero-order chi connectivity index (χ0) is 24.7. The van der Waals surface area contributed by atoms with E-state index in [1.165, 1.54) is 40.5 Å². The first-order valence-corrected chi connectivity index (χ1v) is 12.5. The molecule has 0 saturated heterocycles. The molecule has 6 heteroatoms. The van der Waals surface area contributed by atoms with Gasteiger partial charge in [0.2, 0.25) is 0 Å². The lowest BCUT2D eigenvalue weighted by molar-refractivity contribution is -0.117. The van der Waals surface area contributed by atoms with Crippen LogP contribution in [0.5, 0.6) is 0 Å². The van der Waals surface area contributed by atoms with Crippen LogP contribution in [0, 0.1) is 17.2 Å². The van der Waals surface area contributed by atoms with Crippen molar-refractivity contribution in [1.82, 2.24) is 5.32 Å². The number of aryl methyl sites for hydroxylation is 1. The molecule has 2 atom stereocenters. The van der Waals surface area contributed by atoms with E-state index in [4.69, 9.17) is 5.11 Å². The van der Waals surface area contributed by atoms with Gasteiger partial charge in [-0.3, -0.25) is 4.79 Å². The number of carbonyl (C=O) groups excluding carboxylic acids is 1. The number of aliphatic hydroxyl groups excluding tert-OH is 2. The molecule has 2 aromatic carbocycles.